The molecule has 1 aromatic carbocycles. The van der Waals surface area contributed by atoms with Crippen LogP contribution in [-0.4, -0.2) is 20.7 Å². The molecule has 1 aliphatic rings. The van der Waals surface area contributed by atoms with Gasteiger partial charge in [-0.2, -0.15) is 0 Å². The number of carbonyl (C=O) groups is 1. The maximum Gasteiger partial charge on any atom is 0.187 e. The normalized spacial score (nSPS) is 25.6. The summed E-state index contributed by atoms with van der Waals surface area (Å²) in [7, 11) is 0. The van der Waals surface area contributed by atoms with Crippen LogP contribution in [0.4, 0.5) is 0 Å². The first-order valence-electron chi connectivity index (χ1n) is 5.42. The Balaban J connectivity index is 2.10. The summed E-state index contributed by atoms with van der Waals surface area (Å²) in [4.78, 5) is 12.1. The molecule has 1 saturated heterocycles. The molecule has 0 aromatic heterocycles. The Labute approximate surface area is 134 Å². The zero-order chi connectivity index (χ0) is 13.2. The smallest absolute Gasteiger partial charge is 0.187 e. The van der Waals surface area contributed by atoms with Gasteiger partial charge in [0, 0.05) is 35.8 Å². The Bertz CT molecular complexity index is 486. The van der Waals surface area contributed by atoms with Crippen LogP contribution < -0.4 is 0 Å². The molecule has 1 fully saturated rings. The third-order valence-corrected chi connectivity index (χ3v) is 8.05. The highest BCUT2D eigenvalue weighted by atomic mass is 127. The minimum atomic E-state index is 0.0550. The van der Waals surface area contributed by atoms with Crippen molar-refractivity contribution in [3.05, 3.63) is 45.2 Å². The van der Waals surface area contributed by atoms with Gasteiger partial charge in [0.25, 0.3) is 0 Å². The molecule has 1 aliphatic heterocycles. The average Bonchev–Trinajstić information content (AvgIpc) is 2.72. The molecule has 0 radical (unpaired) electrons. The molecule has 0 saturated carbocycles. The molecule has 5 heteroatoms. The lowest BCUT2D eigenvalue weighted by Crippen LogP contribution is -2.20. The van der Waals surface area contributed by atoms with E-state index in [1.807, 2.05) is 11.8 Å². The summed E-state index contributed by atoms with van der Waals surface area (Å²) in [6.07, 6.45) is 1.75. The van der Waals surface area contributed by atoms with E-state index in [-0.39, 0.29) is 10.5 Å². The van der Waals surface area contributed by atoms with Crippen molar-refractivity contribution in [2.75, 3.05) is 10.2 Å². The number of allylic oxidation sites excluding steroid dienone is 1. The monoisotopic (exact) mass is 410 g/mol. The molecular weight excluding hydrogens is 399 g/mol. The number of hydrogen-bond donors (Lipinski definition) is 0. The standard InChI is InChI=1S/C13H12ClIOS2/c1-13(7-15)8-17-12(18-13)6-11(16)9-2-4-10(14)5-3-9/h2-6H,7-8H2,1H3/b12-6+/t13-/m1/s1. The largest absolute Gasteiger partial charge is 0.289 e. The van der Waals surface area contributed by atoms with Crippen molar-refractivity contribution in [2.24, 2.45) is 0 Å². The lowest BCUT2D eigenvalue weighted by Gasteiger charge is -2.16. The van der Waals surface area contributed by atoms with Crippen molar-refractivity contribution in [1.29, 1.82) is 0 Å². The van der Waals surface area contributed by atoms with Gasteiger partial charge in [0.15, 0.2) is 5.78 Å². The third-order valence-electron chi connectivity index (χ3n) is 2.53. The van der Waals surface area contributed by atoms with Crippen LogP contribution in [0.1, 0.15) is 17.3 Å². The second-order valence-electron chi connectivity index (χ2n) is 4.31. The summed E-state index contributed by atoms with van der Waals surface area (Å²) < 4.78 is 2.47. The zero-order valence-electron chi connectivity index (χ0n) is 9.78. The maximum atomic E-state index is 12.1. The minimum Gasteiger partial charge on any atom is -0.289 e. The second-order valence-corrected chi connectivity index (χ2v) is 8.41. The molecule has 1 heterocycles. The van der Waals surface area contributed by atoms with E-state index >= 15 is 0 Å². The van der Waals surface area contributed by atoms with Crippen LogP contribution in [0.15, 0.2) is 34.6 Å². The average molecular weight is 411 g/mol. The molecule has 1 aromatic rings. The lowest BCUT2D eigenvalue weighted by atomic mass is 10.1. The number of halogens is 2. The fourth-order valence-electron chi connectivity index (χ4n) is 1.47. The topological polar surface area (TPSA) is 17.1 Å². The number of thioether (sulfide) groups is 2. The quantitative estimate of drug-likeness (QED) is 0.301. The first-order chi connectivity index (χ1) is 8.52. The highest BCUT2D eigenvalue weighted by Gasteiger charge is 2.32. The molecule has 1 nitrogen and oxygen atoms in total. The number of carbonyl (C=O) groups excluding carboxylic acids is 1. The summed E-state index contributed by atoms with van der Waals surface area (Å²) in [5.74, 6) is 1.12. The van der Waals surface area contributed by atoms with Crippen LogP contribution in [-0.2, 0) is 0 Å². The minimum absolute atomic E-state index is 0.0550. The third kappa shape index (κ3) is 3.68. The van der Waals surface area contributed by atoms with E-state index in [0.717, 1.165) is 14.4 Å². The van der Waals surface area contributed by atoms with Gasteiger partial charge >= 0.3 is 0 Å². The molecule has 0 unspecified atom stereocenters. The van der Waals surface area contributed by atoms with Gasteiger partial charge in [0.05, 0.1) is 0 Å². The van der Waals surface area contributed by atoms with Crippen molar-refractivity contribution in [3.63, 3.8) is 0 Å². The zero-order valence-corrected chi connectivity index (χ0v) is 14.3. The summed E-state index contributed by atoms with van der Waals surface area (Å²) in [5.41, 5.74) is 0.691. The highest BCUT2D eigenvalue weighted by Crippen LogP contribution is 2.49. The summed E-state index contributed by atoms with van der Waals surface area (Å²) in [6, 6.07) is 7.03. The first-order valence-corrected chi connectivity index (χ1v) is 9.12. The van der Waals surface area contributed by atoms with E-state index in [1.54, 1.807) is 42.1 Å². The molecule has 0 bridgehead atoms. The van der Waals surface area contributed by atoms with Gasteiger partial charge in [0.1, 0.15) is 0 Å². The molecule has 18 heavy (non-hydrogen) atoms. The van der Waals surface area contributed by atoms with E-state index in [1.165, 1.54) is 0 Å². The Morgan fingerprint density at radius 3 is 2.72 bits per heavy atom. The molecule has 96 valence electrons. The number of hydrogen-bond acceptors (Lipinski definition) is 3. The molecule has 0 spiro atoms. The van der Waals surface area contributed by atoms with Crippen LogP contribution in [0.5, 0.6) is 0 Å². The van der Waals surface area contributed by atoms with Gasteiger partial charge in [0.2, 0.25) is 0 Å². The van der Waals surface area contributed by atoms with E-state index in [9.17, 15) is 4.79 Å². The summed E-state index contributed by atoms with van der Waals surface area (Å²) >= 11 is 11.8. The summed E-state index contributed by atoms with van der Waals surface area (Å²) in [6.45, 7) is 2.24. The van der Waals surface area contributed by atoms with Gasteiger partial charge in [-0.1, -0.05) is 34.2 Å². The number of rotatable bonds is 3. The second kappa shape index (κ2) is 6.20. The van der Waals surface area contributed by atoms with Gasteiger partial charge < -0.3 is 0 Å². The number of alkyl halides is 1. The van der Waals surface area contributed by atoms with Gasteiger partial charge in [-0.25, -0.2) is 0 Å². The molecule has 0 aliphatic carbocycles. The van der Waals surface area contributed by atoms with Gasteiger partial charge in [-0.3, -0.25) is 4.79 Å². The fourth-order valence-corrected chi connectivity index (χ4v) is 5.57. The number of ketones is 1. The predicted molar refractivity (Wildman–Crippen MR) is 91.2 cm³/mol. The van der Waals surface area contributed by atoms with Crippen molar-refractivity contribution < 1.29 is 4.79 Å². The SMILES string of the molecule is C[C@@]1(CI)CS/C(=C\C(=O)c2ccc(Cl)cc2)S1. The van der Waals surface area contributed by atoms with Crippen LogP contribution in [0.2, 0.25) is 5.02 Å². The van der Waals surface area contributed by atoms with E-state index in [2.05, 4.69) is 29.5 Å². The maximum absolute atomic E-state index is 12.1. The van der Waals surface area contributed by atoms with Crippen LogP contribution in [0, 0.1) is 0 Å². The molecule has 2 rings (SSSR count). The van der Waals surface area contributed by atoms with E-state index in [4.69, 9.17) is 11.6 Å². The first kappa shape index (κ1) is 14.8. The predicted octanol–water partition coefficient (Wildman–Crippen LogP) is 5.04. The Morgan fingerprint density at radius 2 is 2.17 bits per heavy atom. The van der Waals surface area contributed by atoms with Crippen LogP contribution in [0.3, 0.4) is 0 Å². The van der Waals surface area contributed by atoms with Crippen molar-refractivity contribution >= 4 is 63.5 Å². The molecular formula is C13H12ClIOS2. The molecule has 0 amide bonds. The van der Waals surface area contributed by atoms with Crippen LogP contribution in [0.25, 0.3) is 0 Å². The highest BCUT2D eigenvalue weighted by molar-refractivity contribution is 14.1. The fraction of sp³-hybridized carbons (Fsp3) is 0.308. The van der Waals surface area contributed by atoms with Crippen molar-refractivity contribution in [3.8, 4) is 0 Å². The summed E-state index contributed by atoms with van der Waals surface area (Å²) in [5, 5.41) is 0.654. The van der Waals surface area contributed by atoms with Gasteiger partial charge in [-0.15, -0.1) is 23.5 Å². The van der Waals surface area contributed by atoms with E-state index in [0.29, 0.717) is 10.6 Å². The molecule has 1 atom stereocenters. The Morgan fingerprint density at radius 1 is 1.50 bits per heavy atom. The van der Waals surface area contributed by atoms with E-state index < -0.39 is 0 Å². The van der Waals surface area contributed by atoms with Crippen molar-refractivity contribution in [2.45, 2.75) is 11.7 Å². The Kier molecular flexibility index (Phi) is 5.08. The lowest BCUT2D eigenvalue weighted by molar-refractivity contribution is 0.104. The number of benzene rings is 1. The van der Waals surface area contributed by atoms with Gasteiger partial charge in [-0.05, 0) is 31.2 Å². The van der Waals surface area contributed by atoms with Crippen molar-refractivity contribution in [1.82, 2.24) is 0 Å². The van der Waals surface area contributed by atoms with Crippen LogP contribution >= 0.6 is 57.7 Å². The Hall–Kier alpha value is 0.350. The molecule has 0 N–H and O–H groups in total.